The van der Waals surface area contributed by atoms with Gasteiger partial charge in [-0.3, -0.25) is 9.48 Å². The van der Waals surface area contributed by atoms with Gasteiger partial charge in [0.2, 0.25) is 5.88 Å². The van der Waals surface area contributed by atoms with Crippen LogP contribution >= 0.6 is 15.9 Å². The third kappa shape index (κ3) is 3.46. The fraction of sp³-hybridized carbons (Fsp3) is 0.389. The van der Waals surface area contributed by atoms with Crippen molar-refractivity contribution in [3.8, 4) is 5.88 Å². The second-order valence-electron chi connectivity index (χ2n) is 6.36. The van der Waals surface area contributed by atoms with E-state index in [-0.39, 0.29) is 17.4 Å². The summed E-state index contributed by atoms with van der Waals surface area (Å²) in [5, 5.41) is 10.00. The Morgan fingerprint density at radius 2 is 1.88 bits per heavy atom. The number of para-hydroxylation sites is 1. The SMILES string of the molecule is C[C@H](COc1cc(Br)c(=O)n(C)n1)[C@H](C)c1nn(C)c2ccccc12. The second-order valence-corrected chi connectivity index (χ2v) is 7.22. The Bertz CT molecular complexity index is 937. The fourth-order valence-electron chi connectivity index (χ4n) is 2.83. The maximum absolute atomic E-state index is 11.7. The predicted molar refractivity (Wildman–Crippen MR) is 101 cm³/mol. The van der Waals surface area contributed by atoms with Gasteiger partial charge >= 0.3 is 0 Å². The highest BCUT2D eigenvalue weighted by Crippen LogP contribution is 2.30. The minimum Gasteiger partial charge on any atom is -0.476 e. The highest BCUT2D eigenvalue weighted by atomic mass is 79.9. The number of aromatic nitrogens is 4. The van der Waals surface area contributed by atoms with Gasteiger partial charge in [0.15, 0.2) is 0 Å². The van der Waals surface area contributed by atoms with Crippen LogP contribution in [0.4, 0.5) is 0 Å². The maximum Gasteiger partial charge on any atom is 0.281 e. The minimum atomic E-state index is -0.186. The molecule has 0 radical (unpaired) electrons. The van der Waals surface area contributed by atoms with E-state index >= 15 is 0 Å². The van der Waals surface area contributed by atoms with Crippen molar-refractivity contribution in [1.82, 2.24) is 19.6 Å². The molecule has 1 aromatic carbocycles. The first-order chi connectivity index (χ1) is 11.9. The van der Waals surface area contributed by atoms with E-state index in [1.165, 1.54) is 10.1 Å². The van der Waals surface area contributed by atoms with Crippen LogP contribution in [0, 0.1) is 5.92 Å². The molecule has 6 nitrogen and oxygen atoms in total. The van der Waals surface area contributed by atoms with Gasteiger partial charge in [0, 0.05) is 31.5 Å². The van der Waals surface area contributed by atoms with Crippen molar-refractivity contribution >= 4 is 26.8 Å². The zero-order valence-corrected chi connectivity index (χ0v) is 16.3. The summed E-state index contributed by atoms with van der Waals surface area (Å²) in [4.78, 5) is 11.7. The van der Waals surface area contributed by atoms with Crippen LogP contribution in [-0.4, -0.2) is 26.2 Å². The van der Waals surface area contributed by atoms with Gasteiger partial charge in [0.25, 0.3) is 5.56 Å². The zero-order valence-electron chi connectivity index (χ0n) is 14.7. The summed E-state index contributed by atoms with van der Waals surface area (Å²) in [5.41, 5.74) is 2.01. The topological polar surface area (TPSA) is 61.9 Å². The average molecular weight is 405 g/mol. The van der Waals surface area contributed by atoms with Gasteiger partial charge in [0.1, 0.15) is 0 Å². The zero-order chi connectivity index (χ0) is 18.1. The highest BCUT2D eigenvalue weighted by Gasteiger charge is 2.21. The third-order valence-corrected chi connectivity index (χ3v) is 5.13. The molecule has 0 unspecified atom stereocenters. The number of aryl methyl sites for hydroxylation is 2. The maximum atomic E-state index is 11.7. The molecular formula is C18H21BrN4O2. The lowest BCUT2D eigenvalue weighted by molar-refractivity contribution is 0.227. The number of hydrogen-bond acceptors (Lipinski definition) is 4. The van der Waals surface area contributed by atoms with Crippen LogP contribution in [-0.2, 0) is 14.1 Å². The molecule has 0 saturated carbocycles. The van der Waals surface area contributed by atoms with E-state index < -0.39 is 0 Å². The molecule has 3 rings (SSSR count). The molecule has 0 aliphatic carbocycles. The number of benzene rings is 1. The first-order valence-electron chi connectivity index (χ1n) is 8.16. The Morgan fingerprint density at radius 1 is 1.16 bits per heavy atom. The summed E-state index contributed by atoms with van der Waals surface area (Å²) in [6.07, 6.45) is 0. The molecule has 0 amide bonds. The van der Waals surface area contributed by atoms with E-state index in [0.29, 0.717) is 17.0 Å². The van der Waals surface area contributed by atoms with Crippen LogP contribution in [0.1, 0.15) is 25.5 Å². The lowest BCUT2D eigenvalue weighted by Crippen LogP contribution is -2.22. The van der Waals surface area contributed by atoms with Crippen molar-refractivity contribution < 1.29 is 4.74 Å². The van der Waals surface area contributed by atoms with Crippen molar-refractivity contribution in [1.29, 1.82) is 0 Å². The molecule has 132 valence electrons. The first kappa shape index (κ1) is 17.7. The molecule has 2 atom stereocenters. The van der Waals surface area contributed by atoms with Gasteiger partial charge in [-0.15, -0.1) is 5.10 Å². The summed E-state index contributed by atoms with van der Waals surface area (Å²) in [6, 6.07) is 9.84. The van der Waals surface area contributed by atoms with Crippen LogP contribution in [0.5, 0.6) is 5.88 Å². The van der Waals surface area contributed by atoms with Crippen LogP contribution in [0.15, 0.2) is 39.6 Å². The number of fused-ring (bicyclic) bond motifs is 1. The summed E-state index contributed by atoms with van der Waals surface area (Å²) in [7, 11) is 3.57. The number of rotatable bonds is 5. The summed E-state index contributed by atoms with van der Waals surface area (Å²) in [5.74, 6) is 0.886. The Labute approximate surface area is 154 Å². The Hall–Kier alpha value is -2.15. The van der Waals surface area contributed by atoms with E-state index in [9.17, 15) is 4.79 Å². The molecule has 2 heterocycles. The van der Waals surface area contributed by atoms with Gasteiger partial charge in [-0.05, 0) is 27.9 Å². The molecule has 2 aromatic heterocycles. The molecule has 0 spiro atoms. The van der Waals surface area contributed by atoms with Gasteiger partial charge in [0.05, 0.1) is 22.3 Å². The van der Waals surface area contributed by atoms with Crippen LogP contribution in [0.3, 0.4) is 0 Å². The van der Waals surface area contributed by atoms with Gasteiger partial charge in [-0.25, -0.2) is 4.68 Å². The van der Waals surface area contributed by atoms with Crippen molar-refractivity contribution in [2.75, 3.05) is 6.61 Å². The molecule has 0 bridgehead atoms. The van der Waals surface area contributed by atoms with E-state index in [2.05, 4.69) is 47.0 Å². The van der Waals surface area contributed by atoms with Crippen molar-refractivity contribution in [2.45, 2.75) is 19.8 Å². The first-order valence-corrected chi connectivity index (χ1v) is 8.96. The van der Waals surface area contributed by atoms with E-state index in [0.717, 1.165) is 11.2 Å². The normalized spacial score (nSPS) is 13.8. The quantitative estimate of drug-likeness (QED) is 0.654. The lowest BCUT2D eigenvalue weighted by atomic mass is 9.92. The molecule has 0 fully saturated rings. The van der Waals surface area contributed by atoms with E-state index in [1.807, 2.05) is 23.9 Å². The van der Waals surface area contributed by atoms with Gasteiger partial charge in [-0.1, -0.05) is 32.0 Å². The Morgan fingerprint density at radius 3 is 2.60 bits per heavy atom. The van der Waals surface area contributed by atoms with Crippen molar-refractivity contribution in [3.05, 3.63) is 50.9 Å². The Kier molecular flexibility index (Phi) is 4.94. The minimum absolute atomic E-state index is 0.186. The number of hydrogen-bond donors (Lipinski definition) is 0. The molecule has 0 aliphatic heterocycles. The number of ether oxygens (including phenoxy) is 1. The summed E-state index contributed by atoms with van der Waals surface area (Å²) < 4.78 is 9.43. The Balaban J connectivity index is 1.76. The molecule has 25 heavy (non-hydrogen) atoms. The molecule has 0 saturated heterocycles. The number of halogens is 1. The second kappa shape index (κ2) is 7.00. The number of nitrogens with zero attached hydrogens (tertiary/aromatic N) is 4. The molecule has 0 aliphatic rings. The third-order valence-electron chi connectivity index (χ3n) is 4.56. The fourth-order valence-corrected chi connectivity index (χ4v) is 3.28. The summed E-state index contributed by atoms with van der Waals surface area (Å²) >= 11 is 3.23. The smallest absolute Gasteiger partial charge is 0.281 e. The van der Waals surface area contributed by atoms with Crippen LogP contribution in [0.25, 0.3) is 10.9 Å². The largest absolute Gasteiger partial charge is 0.476 e. The monoisotopic (exact) mass is 404 g/mol. The van der Waals surface area contributed by atoms with E-state index in [1.54, 1.807) is 13.1 Å². The molecule has 7 heteroatoms. The molecular weight excluding hydrogens is 384 g/mol. The van der Waals surface area contributed by atoms with Crippen LogP contribution < -0.4 is 10.3 Å². The lowest BCUT2D eigenvalue weighted by Gasteiger charge is -2.19. The van der Waals surface area contributed by atoms with Crippen molar-refractivity contribution in [2.24, 2.45) is 20.0 Å². The van der Waals surface area contributed by atoms with Gasteiger partial charge < -0.3 is 4.74 Å². The highest BCUT2D eigenvalue weighted by molar-refractivity contribution is 9.10. The van der Waals surface area contributed by atoms with Crippen LogP contribution in [0.2, 0.25) is 0 Å². The summed E-state index contributed by atoms with van der Waals surface area (Å²) in [6.45, 7) is 4.78. The predicted octanol–water partition coefficient (Wildman–Crippen LogP) is 3.25. The standard InChI is InChI=1S/C18H21BrN4O2/c1-11(10-25-16-9-14(19)18(24)23(4)20-16)12(2)17-13-7-5-6-8-15(13)22(3)21-17/h5-9,11-12H,10H2,1-4H3/t11-,12+/m1/s1. The van der Waals surface area contributed by atoms with Gasteiger partial charge in [-0.2, -0.15) is 5.10 Å². The molecule has 0 N–H and O–H groups in total. The average Bonchev–Trinajstić information content (AvgIpc) is 2.94. The molecule has 3 aromatic rings. The van der Waals surface area contributed by atoms with E-state index in [4.69, 9.17) is 9.84 Å². The van der Waals surface area contributed by atoms with Crippen molar-refractivity contribution in [3.63, 3.8) is 0 Å².